The third-order valence-corrected chi connectivity index (χ3v) is 5.73. The van der Waals surface area contributed by atoms with Crippen LogP contribution < -0.4 is 25.4 Å². The van der Waals surface area contributed by atoms with Crippen LogP contribution in [0, 0.1) is 5.82 Å². The Morgan fingerprint density at radius 1 is 1.34 bits per heavy atom. The maximum Gasteiger partial charge on any atom is 0.341 e. The molecule has 0 spiro atoms. The normalized spacial score (nSPS) is 17.5. The van der Waals surface area contributed by atoms with E-state index in [-0.39, 0.29) is 41.3 Å². The summed E-state index contributed by atoms with van der Waals surface area (Å²) in [5, 5.41) is 13.8. The van der Waals surface area contributed by atoms with E-state index in [0.717, 1.165) is 6.07 Å². The molecular weight excluding hydrogens is 423 g/mol. The number of carboxylic acids is 1. The molecule has 2 N–H and O–H groups in total. The van der Waals surface area contributed by atoms with Gasteiger partial charge in [-0.2, -0.15) is 0 Å². The molecule has 1 saturated heterocycles. The van der Waals surface area contributed by atoms with Crippen molar-refractivity contribution in [3.05, 3.63) is 58.0 Å². The molecule has 2 aromatic heterocycles. The van der Waals surface area contributed by atoms with Crippen LogP contribution in [0.25, 0.3) is 10.9 Å². The molecule has 3 aromatic rings. The molecule has 1 atom stereocenters. The topological polar surface area (TPSA) is 117 Å². The fraction of sp³-hybridized carbons (Fsp3) is 0.286. The number of ether oxygens (including phenoxy) is 1. The Hall–Kier alpha value is -4.02. The number of nitrogens with one attached hydrogen (secondary N) is 1. The molecule has 1 amide bonds. The number of carboxylic acid groups (broad SMARTS) is 1. The molecule has 0 bridgehead atoms. The van der Waals surface area contributed by atoms with Crippen molar-refractivity contribution in [2.24, 2.45) is 0 Å². The molecule has 1 unspecified atom stereocenters. The summed E-state index contributed by atoms with van der Waals surface area (Å²) in [7, 11) is 1.66. The second-order valence-corrected chi connectivity index (χ2v) is 7.77. The van der Waals surface area contributed by atoms with Crippen molar-refractivity contribution in [2.75, 3.05) is 36.8 Å². The minimum Gasteiger partial charge on any atom is -0.477 e. The van der Waals surface area contributed by atoms with Gasteiger partial charge >= 0.3 is 5.97 Å². The zero-order chi connectivity index (χ0) is 22.6. The third kappa shape index (κ3) is 3.04. The average molecular weight is 442 g/mol. The Morgan fingerprint density at radius 2 is 2.16 bits per heavy atom. The van der Waals surface area contributed by atoms with Crippen molar-refractivity contribution < 1.29 is 28.2 Å². The van der Waals surface area contributed by atoms with E-state index in [4.69, 9.17) is 9.15 Å². The molecule has 2 aliphatic heterocycles. The lowest BCUT2D eigenvalue weighted by molar-refractivity contribution is 0.0694. The number of carbonyl (C=O) groups is 2. The molecule has 5 rings (SSSR count). The van der Waals surface area contributed by atoms with Crippen LogP contribution in [0.2, 0.25) is 0 Å². The Morgan fingerprint density at radius 3 is 2.88 bits per heavy atom. The minimum absolute atomic E-state index is 0.0347. The summed E-state index contributed by atoms with van der Waals surface area (Å²) in [6.45, 7) is 0.820. The van der Waals surface area contributed by atoms with Gasteiger partial charge in [0.15, 0.2) is 24.1 Å². The molecule has 1 fully saturated rings. The predicted octanol–water partition coefficient (Wildman–Crippen LogP) is 1.36. The molecule has 0 aliphatic carbocycles. The number of furan rings is 1. The molecular formula is C21H19FN4O6. The number of anilines is 1. The van der Waals surface area contributed by atoms with Crippen LogP contribution >= 0.6 is 0 Å². The lowest BCUT2D eigenvalue weighted by Crippen LogP contribution is -2.40. The van der Waals surface area contributed by atoms with Crippen molar-refractivity contribution in [3.63, 3.8) is 0 Å². The molecule has 2 aliphatic rings. The van der Waals surface area contributed by atoms with Crippen LogP contribution in [-0.2, 0) is 0 Å². The maximum absolute atomic E-state index is 15.3. The Kier molecular flexibility index (Phi) is 4.54. The van der Waals surface area contributed by atoms with Crippen molar-refractivity contribution in [2.45, 2.75) is 12.5 Å². The van der Waals surface area contributed by atoms with E-state index in [2.05, 4.69) is 5.32 Å². The minimum atomic E-state index is -1.39. The zero-order valence-corrected chi connectivity index (χ0v) is 17.0. The number of benzene rings is 1. The number of nitrogens with zero attached hydrogens (tertiary/aromatic N) is 3. The first-order valence-electron chi connectivity index (χ1n) is 9.94. The van der Waals surface area contributed by atoms with Crippen LogP contribution in [-0.4, -0.2) is 54.6 Å². The van der Waals surface area contributed by atoms with Crippen LogP contribution in [0.4, 0.5) is 10.1 Å². The first-order valence-corrected chi connectivity index (χ1v) is 9.94. The third-order valence-electron chi connectivity index (χ3n) is 5.73. The molecule has 11 heteroatoms. The number of pyridine rings is 1. The largest absolute Gasteiger partial charge is 0.477 e. The molecule has 166 valence electrons. The maximum atomic E-state index is 15.3. The fourth-order valence-electron chi connectivity index (χ4n) is 4.22. The highest BCUT2D eigenvalue weighted by Gasteiger charge is 2.33. The van der Waals surface area contributed by atoms with Gasteiger partial charge in [0.05, 0.1) is 11.6 Å². The molecule has 4 heterocycles. The summed E-state index contributed by atoms with van der Waals surface area (Å²) in [6, 6.07) is 3.99. The Bertz CT molecular complexity index is 1300. The van der Waals surface area contributed by atoms with E-state index in [1.807, 2.05) is 0 Å². The van der Waals surface area contributed by atoms with Crippen LogP contribution in [0.5, 0.6) is 5.75 Å². The van der Waals surface area contributed by atoms with Gasteiger partial charge in [-0.05, 0) is 24.6 Å². The SMILES string of the molecule is CN1COc2c(N3CCC(NC(=O)c4ccco4)C3)c(F)cc3c(=O)c(C(=O)O)cn1c23. The lowest BCUT2D eigenvalue weighted by atomic mass is 10.1. The molecule has 32 heavy (non-hydrogen) atoms. The quantitative estimate of drug-likeness (QED) is 0.622. The van der Waals surface area contributed by atoms with Gasteiger partial charge in [-0.1, -0.05) is 0 Å². The van der Waals surface area contributed by atoms with Crippen molar-refractivity contribution in [1.29, 1.82) is 0 Å². The van der Waals surface area contributed by atoms with E-state index in [1.54, 1.807) is 29.1 Å². The van der Waals surface area contributed by atoms with Crippen LogP contribution in [0.15, 0.2) is 39.9 Å². The second kappa shape index (κ2) is 7.29. The van der Waals surface area contributed by atoms with Gasteiger partial charge in [0, 0.05) is 32.4 Å². The first-order chi connectivity index (χ1) is 15.3. The van der Waals surface area contributed by atoms with Gasteiger partial charge in [-0.25, -0.2) is 9.18 Å². The van der Waals surface area contributed by atoms with E-state index in [9.17, 15) is 19.5 Å². The monoisotopic (exact) mass is 442 g/mol. The number of hydrogen-bond donors (Lipinski definition) is 2. The highest BCUT2D eigenvalue weighted by atomic mass is 19.1. The molecule has 1 aromatic carbocycles. The fourth-order valence-corrected chi connectivity index (χ4v) is 4.22. The van der Waals surface area contributed by atoms with Gasteiger partial charge in [0.1, 0.15) is 16.8 Å². The predicted molar refractivity (Wildman–Crippen MR) is 112 cm³/mol. The number of halogens is 1. The number of hydrogen-bond acceptors (Lipinski definition) is 7. The van der Waals surface area contributed by atoms with Gasteiger partial charge in [0.2, 0.25) is 5.43 Å². The Balaban J connectivity index is 1.54. The van der Waals surface area contributed by atoms with E-state index >= 15 is 4.39 Å². The second-order valence-electron chi connectivity index (χ2n) is 7.77. The van der Waals surface area contributed by atoms with Crippen LogP contribution in [0.1, 0.15) is 27.3 Å². The highest BCUT2D eigenvalue weighted by Crippen LogP contribution is 2.41. The van der Waals surface area contributed by atoms with Gasteiger partial charge in [-0.15, -0.1) is 0 Å². The highest BCUT2D eigenvalue weighted by molar-refractivity contribution is 5.97. The summed E-state index contributed by atoms with van der Waals surface area (Å²) in [4.78, 5) is 38.2. The number of aromatic nitrogens is 1. The standard InChI is InChI=1S/C21H19FN4O6/c1-24-10-32-19-16-12(18(27)13(21(29)30)9-26(16)24)7-14(22)17(19)25-5-4-11(8-25)23-20(28)15-3-2-6-31-15/h2-3,6-7,9,11H,4-5,8,10H2,1H3,(H,23,28)(H,29,30). The Labute approximate surface area is 180 Å². The number of amides is 1. The number of aromatic carboxylic acids is 1. The van der Waals surface area contributed by atoms with Crippen molar-refractivity contribution in [3.8, 4) is 5.75 Å². The summed E-state index contributed by atoms with van der Waals surface area (Å²) in [6.07, 6.45) is 3.21. The molecule has 10 nitrogen and oxygen atoms in total. The van der Waals surface area contributed by atoms with E-state index < -0.39 is 22.8 Å². The van der Waals surface area contributed by atoms with Crippen molar-refractivity contribution in [1.82, 2.24) is 9.99 Å². The van der Waals surface area contributed by atoms with Gasteiger partial charge < -0.3 is 24.5 Å². The van der Waals surface area contributed by atoms with E-state index in [0.29, 0.717) is 25.0 Å². The van der Waals surface area contributed by atoms with Gasteiger partial charge in [0.25, 0.3) is 5.91 Å². The smallest absolute Gasteiger partial charge is 0.341 e. The molecule has 0 saturated carbocycles. The zero-order valence-electron chi connectivity index (χ0n) is 17.0. The first kappa shape index (κ1) is 19.9. The van der Waals surface area contributed by atoms with Crippen molar-refractivity contribution >= 4 is 28.5 Å². The lowest BCUT2D eigenvalue weighted by Gasteiger charge is -2.33. The van der Waals surface area contributed by atoms with Crippen LogP contribution in [0.3, 0.4) is 0 Å². The van der Waals surface area contributed by atoms with Gasteiger partial charge in [-0.3, -0.25) is 19.3 Å². The molecule has 0 radical (unpaired) electrons. The average Bonchev–Trinajstić information content (AvgIpc) is 3.44. The summed E-state index contributed by atoms with van der Waals surface area (Å²) < 4.78 is 27.7. The number of rotatable bonds is 4. The number of carbonyl (C=O) groups excluding carboxylic acids is 1. The van der Waals surface area contributed by atoms with E-state index in [1.165, 1.54) is 17.1 Å². The summed E-state index contributed by atoms with van der Waals surface area (Å²) in [5.74, 6) is -2.07. The summed E-state index contributed by atoms with van der Waals surface area (Å²) in [5.41, 5.74) is -0.754. The summed E-state index contributed by atoms with van der Waals surface area (Å²) >= 11 is 0.